The van der Waals surface area contributed by atoms with Gasteiger partial charge in [0, 0.05) is 21.9 Å². The Labute approximate surface area is 215 Å². The quantitative estimate of drug-likeness (QED) is 0.246. The third kappa shape index (κ3) is 2.66. The van der Waals surface area contributed by atoms with Gasteiger partial charge in [-0.1, -0.05) is 115 Å². The van der Waals surface area contributed by atoms with Gasteiger partial charge in [-0.25, -0.2) is 0 Å². The van der Waals surface area contributed by atoms with E-state index in [9.17, 15) is 0 Å². The number of rotatable bonds is 2. The summed E-state index contributed by atoms with van der Waals surface area (Å²) in [5, 5.41) is -1.90. The summed E-state index contributed by atoms with van der Waals surface area (Å²) < 4.78 is 153. The van der Waals surface area contributed by atoms with Crippen molar-refractivity contribution in [2.45, 2.75) is 0 Å². The van der Waals surface area contributed by atoms with Gasteiger partial charge >= 0.3 is 0 Å². The van der Waals surface area contributed by atoms with Crippen molar-refractivity contribution >= 4 is 43.5 Å². The summed E-state index contributed by atoms with van der Waals surface area (Å²) in [5.74, 6) is 0. The average molecular weight is 438 g/mol. The summed E-state index contributed by atoms with van der Waals surface area (Å²) >= 11 is 0. The van der Waals surface area contributed by atoms with Crippen molar-refractivity contribution in [2.24, 2.45) is 0 Å². The summed E-state index contributed by atoms with van der Waals surface area (Å²) in [5.41, 5.74) is -1.80. The SMILES string of the molecule is [2H]c1cc([2H])cc(-c2c3c([2H])c([2H])c([2H])c([2H])c3c(-c3c([2H])c([2H])c([2H])c4c3oc3c([2H])c([2H])c([2H])c([2H])c34)c3c([2H])c([2H])c([2H])c([2H])c23)c1. The van der Waals surface area contributed by atoms with Crippen molar-refractivity contribution < 1.29 is 27.7 Å². The Morgan fingerprint density at radius 1 is 0.485 bits per heavy atom. The van der Waals surface area contributed by atoms with Crippen LogP contribution in [0, 0.1) is 0 Å². The van der Waals surface area contributed by atoms with Gasteiger partial charge in [0.2, 0.25) is 0 Å². The van der Waals surface area contributed by atoms with Gasteiger partial charge in [-0.2, -0.15) is 0 Å². The molecule has 33 heavy (non-hydrogen) atoms. The molecule has 1 heteroatoms. The molecule has 7 rings (SSSR count). The topological polar surface area (TPSA) is 13.1 Å². The van der Waals surface area contributed by atoms with E-state index in [1.807, 2.05) is 0 Å². The van der Waals surface area contributed by atoms with Crippen molar-refractivity contribution in [1.82, 2.24) is 0 Å². The number of furan rings is 1. The van der Waals surface area contributed by atoms with E-state index in [0.717, 1.165) is 0 Å². The second kappa shape index (κ2) is 7.08. The highest BCUT2D eigenvalue weighted by Crippen LogP contribution is 2.46. The summed E-state index contributed by atoms with van der Waals surface area (Å²) in [6, 6.07) is -6.89. The summed E-state index contributed by atoms with van der Waals surface area (Å²) in [7, 11) is 0. The van der Waals surface area contributed by atoms with E-state index in [2.05, 4.69) is 0 Å². The molecule has 1 heterocycles. The van der Waals surface area contributed by atoms with Crippen LogP contribution in [0.4, 0.5) is 0 Å². The zero-order chi connectivity index (χ0) is 36.6. The van der Waals surface area contributed by atoms with Crippen LogP contribution in [-0.4, -0.2) is 0 Å². The molecule has 7 aromatic rings. The molecule has 6 aromatic carbocycles. The number of benzene rings is 6. The maximum atomic E-state index is 9.12. The molecule has 0 bridgehead atoms. The van der Waals surface area contributed by atoms with E-state index in [0.29, 0.717) is 0 Å². The molecule has 0 amide bonds. The fourth-order valence-electron chi connectivity index (χ4n) is 4.17. The molecule has 1 aromatic heterocycles. The molecular formula is C32H20O. The smallest absolute Gasteiger partial charge is 0.143 e. The van der Waals surface area contributed by atoms with E-state index in [1.54, 1.807) is 0 Å². The van der Waals surface area contributed by atoms with E-state index >= 15 is 0 Å². The standard InChI is InChI=1S/C32H20O/c1-2-11-21(12-3-1)30-23-14-4-6-16-25(23)31(26-17-7-5-15-24(26)30)28-19-10-18-27-22-13-8-9-20-29(22)33-32(27)28/h1-20H/i2D,3D,4D,5D,6D,7D,8D,9D,10D,13D,14D,15D,16D,17D,18D,19D,20D. The highest BCUT2D eigenvalue weighted by atomic mass is 16.3. The molecule has 0 saturated carbocycles. The van der Waals surface area contributed by atoms with E-state index < -0.39 is 107 Å². The van der Waals surface area contributed by atoms with Crippen LogP contribution in [0.2, 0.25) is 0 Å². The molecule has 0 aliphatic carbocycles. The normalized spacial score (nSPS) is 18.8. The molecule has 0 fully saturated rings. The van der Waals surface area contributed by atoms with Crippen molar-refractivity contribution in [2.75, 3.05) is 0 Å². The van der Waals surface area contributed by atoms with Crippen molar-refractivity contribution in [3.05, 3.63) is 121 Å². The van der Waals surface area contributed by atoms with Gasteiger partial charge < -0.3 is 4.42 Å². The lowest BCUT2D eigenvalue weighted by molar-refractivity contribution is 0.670. The van der Waals surface area contributed by atoms with Gasteiger partial charge in [0.25, 0.3) is 0 Å². The predicted molar refractivity (Wildman–Crippen MR) is 140 cm³/mol. The first-order valence-corrected chi connectivity index (χ1v) is 9.89. The molecule has 1 nitrogen and oxygen atoms in total. The molecule has 0 spiro atoms. The summed E-state index contributed by atoms with van der Waals surface area (Å²) in [6.45, 7) is 0. The third-order valence-corrected chi connectivity index (χ3v) is 5.49. The van der Waals surface area contributed by atoms with Gasteiger partial charge in [-0.15, -0.1) is 0 Å². The molecule has 0 N–H and O–H groups in total. The zero-order valence-corrected chi connectivity index (χ0v) is 16.6. The largest absolute Gasteiger partial charge is 0.455 e. The minimum Gasteiger partial charge on any atom is -0.455 e. The molecule has 0 radical (unpaired) electrons. The van der Waals surface area contributed by atoms with Gasteiger partial charge in [0.1, 0.15) is 11.2 Å². The van der Waals surface area contributed by atoms with Crippen LogP contribution >= 0.6 is 0 Å². The molecule has 0 aliphatic rings. The minimum absolute atomic E-state index is 0.0328. The Morgan fingerprint density at radius 3 is 1.70 bits per heavy atom. The second-order valence-corrected chi connectivity index (χ2v) is 7.23. The molecule has 0 saturated heterocycles. The van der Waals surface area contributed by atoms with Crippen LogP contribution in [0.15, 0.2) is 125 Å². The maximum Gasteiger partial charge on any atom is 0.143 e. The maximum absolute atomic E-state index is 9.12. The fraction of sp³-hybridized carbons (Fsp3) is 0. The van der Waals surface area contributed by atoms with Crippen LogP contribution in [0.3, 0.4) is 0 Å². The van der Waals surface area contributed by atoms with Crippen LogP contribution in [0.5, 0.6) is 0 Å². The van der Waals surface area contributed by atoms with Crippen LogP contribution in [0.25, 0.3) is 65.7 Å². The van der Waals surface area contributed by atoms with Crippen molar-refractivity contribution in [1.29, 1.82) is 0 Å². The van der Waals surface area contributed by atoms with Gasteiger partial charge in [-0.05, 0) is 38.7 Å². The first-order valence-electron chi connectivity index (χ1n) is 18.4. The summed E-state index contributed by atoms with van der Waals surface area (Å²) in [6.07, 6.45) is 0. The Kier molecular flexibility index (Phi) is 1.76. The lowest BCUT2D eigenvalue weighted by Crippen LogP contribution is -1.90. The third-order valence-electron chi connectivity index (χ3n) is 5.49. The molecular weight excluding hydrogens is 400 g/mol. The second-order valence-electron chi connectivity index (χ2n) is 7.23. The molecule has 0 aliphatic heterocycles. The Balaban J connectivity index is 1.92. The van der Waals surface area contributed by atoms with Crippen LogP contribution < -0.4 is 0 Å². The summed E-state index contributed by atoms with van der Waals surface area (Å²) in [4.78, 5) is 0. The lowest BCUT2D eigenvalue weighted by Gasteiger charge is -2.17. The Hall–Kier alpha value is -4.36. The molecule has 0 atom stereocenters. The van der Waals surface area contributed by atoms with E-state index in [-0.39, 0.29) is 61.1 Å². The van der Waals surface area contributed by atoms with Crippen molar-refractivity contribution in [3.63, 3.8) is 0 Å². The zero-order valence-electron chi connectivity index (χ0n) is 33.6. The van der Waals surface area contributed by atoms with E-state index in [1.165, 1.54) is 18.2 Å². The number of hydrogen-bond donors (Lipinski definition) is 0. The van der Waals surface area contributed by atoms with Crippen LogP contribution in [-0.2, 0) is 0 Å². The fourth-order valence-corrected chi connectivity index (χ4v) is 4.17. The lowest BCUT2D eigenvalue weighted by atomic mass is 9.85. The first kappa shape index (κ1) is 8.20. The van der Waals surface area contributed by atoms with E-state index in [4.69, 9.17) is 27.7 Å². The Morgan fingerprint density at radius 2 is 1.03 bits per heavy atom. The Bertz CT molecular complexity index is 2630. The monoisotopic (exact) mass is 437 g/mol. The predicted octanol–water partition coefficient (Wildman–Crippen LogP) is 9.23. The van der Waals surface area contributed by atoms with Crippen LogP contribution in [0.1, 0.15) is 23.3 Å². The number of para-hydroxylation sites is 2. The highest BCUT2D eigenvalue weighted by molar-refractivity contribution is 6.24. The van der Waals surface area contributed by atoms with Crippen molar-refractivity contribution in [3.8, 4) is 22.3 Å². The number of hydrogen-bond acceptors (Lipinski definition) is 1. The van der Waals surface area contributed by atoms with Gasteiger partial charge in [0.15, 0.2) is 0 Å². The first-order chi connectivity index (χ1) is 23.4. The van der Waals surface area contributed by atoms with Gasteiger partial charge in [0.05, 0.1) is 23.3 Å². The molecule has 154 valence electrons. The number of fused-ring (bicyclic) bond motifs is 5. The average Bonchev–Trinajstić information content (AvgIpc) is 3.48. The molecule has 0 unspecified atom stereocenters. The van der Waals surface area contributed by atoms with Gasteiger partial charge in [-0.3, -0.25) is 0 Å². The highest BCUT2D eigenvalue weighted by Gasteiger charge is 2.19. The minimum atomic E-state index is -0.754.